The van der Waals surface area contributed by atoms with E-state index in [1.54, 1.807) is 24.3 Å². The van der Waals surface area contributed by atoms with E-state index in [0.717, 1.165) is 17.7 Å². The average Bonchev–Trinajstić information content (AvgIpc) is 2.95. The molecule has 0 radical (unpaired) electrons. The van der Waals surface area contributed by atoms with Gasteiger partial charge in [-0.25, -0.2) is 0 Å². The van der Waals surface area contributed by atoms with Crippen molar-refractivity contribution in [3.05, 3.63) is 53.6 Å². The zero-order valence-corrected chi connectivity index (χ0v) is 16.1. The number of carbonyl (C=O) groups excluding carboxylic acids is 1. The predicted molar refractivity (Wildman–Crippen MR) is 104 cm³/mol. The third kappa shape index (κ3) is 4.95. The Hall–Kier alpha value is -3.20. The van der Waals surface area contributed by atoms with Gasteiger partial charge in [0.15, 0.2) is 18.1 Å². The molecule has 28 heavy (non-hydrogen) atoms. The monoisotopic (exact) mass is 380 g/mol. The number of rotatable bonds is 6. The third-order valence-electron chi connectivity index (χ3n) is 4.45. The van der Waals surface area contributed by atoms with Crippen LogP contribution in [0, 0.1) is 17.2 Å². The molecular weight excluding hydrogens is 356 g/mol. The van der Waals surface area contributed by atoms with Crippen LogP contribution in [0.1, 0.15) is 37.4 Å². The molecule has 1 aliphatic heterocycles. The number of nitrogens with one attached hydrogen (secondary N) is 1. The molecular formula is C22H24N2O4. The second-order valence-electron chi connectivity index (χ2n) is 6.97. The summed E-state index contributed by atoms with van der Waals surface area (Å²) in [6.07, 6.45) is 0.846. The van der Waals surface area contributed by atoms with Crippen molar-refractivity contribution < 1.29 is 19.0 Å². The van der Waals surface area contributed by atoms with Crippen LogP contribution in [0.25, 0.3) is 0 Å². The second kappa shape index (κ2) is 9.14. The summed E-state index contributed by atoms with van der Waals surface area (Å²) in [6, 6.07) is 14.4. The molecule has 6 nitrogen and oxygen atoms in total. The highest BCUT2D eigenvalue weighted by Gasteiger charge is 2.21. The molecule has 0 saturated carbocycles. The van der Waals surface area contributed by atoms with Gasteiger partial charge >= 0.3 is 0 Å². The molecule has 0 bridgehead atoms. The zero-order valence-electron chi connectivity index (χ0n) is 16.1. The summed E-state index contributed by atoms with van der Waals surface area (Å²) in [5.41, 5.74) is 1.45. The number of hydrogen-bond acceptors (Lipinski definition) is 5. The maximum atomic E-state index is 12.4. The third-order valence-corrected chi connectivity index (χ3v) is 4.45. The summed E-state index contributed by atoms with van der Waals surface area (Å²) >= 11 is 0. The molecule has 0 aromatic heterocycles. The van der Waals surface area contributed by atoms with Crippen molar-refractivity contribution in [1.29, 1.82) is 5.26 Å². The van der Waals surface area contributed by atoms with Crippen molar-refractivity contribution in [1.82, 2.24) is 5.32 Å². The molecule has 0 aliphatic carbocycles. The molecule has 2 aromatic rings. The lowest BCUT2D eigenvalue weighted by atomic mass is 9.95. The Morgan fingerprint density at radius 3 is 2.71 bits per heavy atom. The molecule has 2 aromatic carbocycles. The topological polar surface area (TPSA) is 80.6 Å². The number of benzene rings is 2. The van der Waals surface area contributed by atoms with Gasteiger partial charge in [-0.05, 0) is 41.8 Å². The molecule has 0 spiro atoms. The Kier molecular flexibility index (Phi) is 6.38. The first-order valence-electron chi connectivity index (χ1n) is 9.38. The van der Waals surface area contributed by atoms with E-state index in [1.807, 2.05) is 32.0 Å². The molecule has 6 heteroatoms. The standard InChI is InChI=1S/C22H24N2O4/c1-15(2)22(17-7-8-19-20(12-17)27-10-4-9-26-19)24-21(25)14-28-18-6-3-5-16(11-18)13-23/h3,5-8,11-12,15,22H,4,9-10,14H2,1-2H3,(H,24,25)/t22-/m0/s1. The van der Waals surface area contributed by atoms with Crippen LogP contribution in [-0.2, 0) is 4.79 Å². The molecule has 1 N–H and O–H groups in total. The van der Waals surface area contributed by atoms with Crippen molar-refractivity contribution >= 4 is 5.91 Å². The maximum Gasteiger partial charge on any atom is 0.258 e. The first kappa shape index (κ1) is 19.6. The van der Waals surface area contributed by atoms with Crippen molar-refractivity contribution in [2.75, 3.05) is 19.8 Å². The first-order valence-corrected chi connectivity index (χ1v) is 9.38. The molecule has 1 amide bonds. The quantitative estimate of drug-likeness (QED) is 0.828. The van der Waals surface area contributed by atoms with Gasteiger partial charge in [0.1, 0.15) is 5.75 Å². The van der Waals surface area contributed by atoms with Crippen molar-refractivity contribution in [3.8, 4) is 23.3 Å². The Morgan fingerprint density at radius 2 is 1.96 bits per heavy atom. The minimum atomic E-state index is -0.229. The van der Waals surface area contributed by atoms with Crippen LogP contribution < -0.4 is 19.5 Å². The smallest absolute Gasteiger partial charge is 0.258 e. The number of nitriles is 1. The maximum absolute atomic E-state index is 12.4. The lowest BCUT2D eigenvalue weighted by Gasteiger charge is -2.24. The van der Waals surface area contributed by atoms with Gasteiger partial charge in [-0.3, -0.25) is 4.79 Å². The van der Waals surface area contributed by atoms with E-state index in [1.165, 1.54) is 0 Å². The SMILES string of the molecule is CC(C)[C@H](NC(=O)COc1cccc(C#N)c1)c1ccc2c(c1)OCCCO2. The Morgan fingerprint density at radius 1 is 1.18 bits per heavy atom. The van der Waals surface area contributed by atoms with Gasteiger partial charge in [0.25, 0.3) is 5.91 Å². The van der Waals surface area contributed by atoms with Crippen LogP contribution in [0.3, 0.4) is 0 Å². The highest BCUT2D eigenvalue weighted by molar-refractivity contribution is 5.78. The van der Waals surface area contributed by atoms with E-state index in [0.29, 0.717) is 30.3 Å². The normalized spacial score (nSPS) is 13.9. The molecule has 0 unspecified atom stereocenters. The number of ether oxygens (including phenoxy) is 3. The van der Waals surface area contributed by atoms with E-state index in [4.69, 9.17) is 19.5 Å². The largest absolute Gasteiger partial charge is 0.490 e. The van der Waals surface area contributed by atoms with Crippen molar-refractivity contribution in [3.63, 3.8) is 0 Å². The van der Waals surface area contributed by atoms with Gasteiger partial charge < -0.3 is 19.5 Å². The van der Waals surface area contributed by atoms with E-state index in [2.05, 4.69) is 11.4 Å². The van der Waals surface area contributed by atoms with Gasteiger partial charge in [-0.1, -0.05) is 26.0 Å². The fourth-order valence-corrected chi connectivity index (χ4v) is 3.03. The van der Waals surface area contributed by atoms with E-state index in [9.17, 15) is 4.79 Å². The van der Waals surface area contributed by atoms with Crippen LogP contribution in [0.2, 0.25) is 0 Å². The van der Waals surface area contributed by atoms with Gasteiger partial charge in [0, 0.05) is 6.42 Å². The fraction of sp³-hybridized carbons (Fsp3) is 0.364. The molecule has 1 aliphatic rings. The summed E-state index contributed by atoms with van der Waals surface area (Å²) in [5, 5.41) is 12.0. The van der Waals surface area contributed by atoms with Crippen LogP contribution >= 0.6 is 0 Å². The number of nitrogens with zero attached hydrogens (tertiary/aromatic N) is 1. The Labute approximate surface area is 165 Å². The minimum absolute atomic E-state index is 0.122. The Bertz CT molecular complexity index is 873. The van der Waals surface area contributed by atoms with Gasteiger partial charge in [-0.15, -0.1) is 0 Å². The molecule has 146 valence electrons. The summed E-state index contributed by atoms with van der Waals surface area (Å²) in [4.78, 5) is 12.4. The van der Waals surface area contributed by atoms with E-state index < -0.39 is 0 Å². The number of carbonyl (C=O) groups is 1. The van der Waals surface area contributed by atoms with Gasteiger partial charge in [0.05, 0.1) is 30.9 Å². The second-order valence-corrected chi connectivity index (χ2v) is 6.97. The lowest BCUT2D eigenvalue weighted by molar-refractivity contribution is -0.124. The van der Waals surface area contributed by atoms with E-state index >= 15 is 0 Å². The summed E-state index contributed by atoms with van der Waals surface area (Å²) < 4.78 is 17.0. The first-order chi connectivity index (χ1) is 13.6. The molecule has 3 rings (SSSR count). The summed E-state index contributed by atoms with van der Waals surface area (Å²) in [6.45, 7) is 5.23. The summed E-state index contributed by atoms with van der Waals surface area (Å²) in [7, 11) is 0. The number of fused-ring (bicyclic) bond motifs is 1. The Balaban J connectivity index is 1.66. The molecule has 0 fully saturated rings. The van der Waals surface area contributed by atoms with E-state index in [-0.39, 0.29) is 24.5 Å². The van der Waals surface area contributed by atoms with Crippen molar-refractivity contribution in [2.24, 2.45) is 5.92 Å². The summed E-state index contributed by atoms with van der Waals surface area (Å²) in [5.74, 6) is 1.88. The lowest BCUT2D eigenvalue weighted by Crippen LogP contribution is -2.35. The van der Waals surface area contributed by atoms with Gasteiger partial charge in [-0.2, -0.15) is 5.26 Å². The molecule has 0 saturated heterocycles. The molecule has 1 atom stereocenters. The van der Waals surface area contributed by atoms with Crippen LogP contribution in [0.15, 0.2) is 42.5 Å². The van der Waals surface area contributed by atoms with Crippen LogP contribution in [-0.4, -0.2) is 25.7 Å². The zero-order chi connectivity index (χ0) is 19.9. The predicted octanol–water partition coefficient (Wildman–Crippen LogP) is 3.61. The minimum Gasteiger partial charge on any atom is -0.490 e. The highest BCUT2D eigenvalue weighted by Crippen LogP contribution is 2.34. The molecule has 1 heterocycles. The van der Waals surface area contributed by atoms with Crippen molar-refractivity contribution in [2.45, 2.75) is 26.3 Å². The van der Waals surface area contributed by atoms with Crippen LogP contribution in [0.5, 0.6) is 17.2 Å². The highest BCUT2D eigenvalue weighted by atomic mass is 16.5. The fourth-order valence-electron chi connectivity index (χ4n) is 3.03. The number of amides is 1. The van der Waals surface area contributed by atoms with Gasteiger partial charge in [0.2, 0.25) is 0 Å². The van der Waals surface area contributed by atoms with Crippen LogP contribution in [0.4, 0.5) is 0 Å². The average molecular weight is 380 g/mol. The number of hydrogen-bond donors (Lipinski definition) is 1.